The Morgan fingerprint density at radius 1 is 1.08 bits per heavy atom. The Hall–Kier alpha value is -2.51. The van der Waals surface area contributed by atoms with Crippen molar-refractivity contribution < 1.29 is 33.8 Å². The number of aryl methyl sites for hydroxylation is 1. The topological polar surface area (TPSA) is 144 Å². The summed E-state index contributed by atoms with van der Waals surface area (Å²) in [5.41, 5.74) is -0.931. The van der Waals surface area contributed by atoms with Gasteiger partial charge in [-0.2, -0.15) is 0 Å². The van der Waals surface area contributed by atoms with Crippen LogP contribution in [0.4, 0.5) is 0 Å². The Balaban J connectivity index is 2.18. The third-order valence-electron chi connectivity index (χ3n) is 5.77. The number of aliphatic hydroxyl groups is 1. The number of nitrogens with one attached hydrogen (secondary N) is 2. The Morgan fingerprint density at radius 3 is 2.29 bits per heavy atom. The number of carbonyl (C=O) groups excluding carboxylic acids is 4. The number of ketones is 2. The number of aromatic nitrogens is 1. The van der Waals surface area contributed by atoms with Gasteiger partial charge in [0.25, 0.3) is 5.91 Å². The highest BCUT2D eigenvalue weighted by Gasteiger charge is 2.37. The molecule has 0 fully saturated rings. The Kier molecular flexibility index (Phi) is 12.7. The van der Waals surface area contributed by atoms with Gasteiger partial charge in [0.1, 0.15) is 16.5 Å². The van der Waals surface area contributed by atoms with E-state index in [9.17, 15) is 24.3 Å². The summed E-state index contributed by atoms with van der Waals surface area (Å²) in [5.74, 6) is -3.01. The second-order valence-electron chi connectivity index (χ2n) is 9.07. The average molecular weight is 613 g/mol. The first-order chi connectivity index (χ1) is 18.0. The third kappa shape index (κ3) is 9.35. The predicted molar refractivity (Wildman–Crippen MR) is 146 cm³/mol. The maximum Gasteiger partial charge on any atom is 0.263 e. The number of methoxy groups -OCH3 is 2. The van der Waals surface area contributed by atoms with Gasteiger partial charge in [0.15, 0.2) is 11.6 Å². The number of benzene rings is 1. The summed E-state index contributed by atoms with van der Waals surface area (Å²) in [7, 11) is 2.80. The second-order valence-corrected chi connectivity index (χ2v) is 10.9. The normalized spacial score (nSPS) is 15.1. The maximum absolute atomic E-state index is 13.3. The molecule has 1 aromatic heterocycles. The summed E-state index contributed by atoms with van der Waals surface area (Å²) in [5, 5.41) is 16.6. The zero-order chi connectivity index (χ0) is 28.3. The number of Topliss-reactive ketones (excluding diaryl/α,β-unsaturated/α-hetero) is 2. The summed E-state index contributed by atoms with van der Waals surface area (Å²) in [6.07, 6.45) is 1.31. The van der Waals surface area contributed by atoms with Crippen molar-refractivity contribution in [2.75, 3.05) is 32.8 Å². The van der Waals surface area contributed by atoms with Crippen LogP contribution in [-0.2, 0) is 30.3 Å². The lowest BCUT2D eigenvalue weighted by molar-refractivity contribution is -0.140. The number of halogens is 1. The molecule has 0 unspecified atom stereocenters. The number of carbonyl (C=O) groups is 4. The number of ether oxygens (including phenoxy) is 2. The minimum Gasteiger partial charge on any atom is -0.384 e. The van der Waals surface area contributed by atoms with Crippen LogP contribution in [0.25, 0.3) is 0 Å². The lowest BCUT2D eigenvalue weighted by Gasteiger charge is -2.28. The molecule has 1 heterocycles. The van der Waals surface area contributed by atoms with E-state index in [2.05, 4.69) is 31.5 Å². The molecule has 0 bridgehead atoms. The number of thiazole rings is 1. The molecule has 2 aromatic rings. The number of hydrogen-bond donors (Lipinski definition) is 3. The van der Waals surface area contributed by atoms with E-state index in [0.717, 1.165) is 5.56 Å². The molecule has 2 amide bonds. The van der Waals surface area contributed by atoms with Gasteiger partial charge in [-0.05, 0) is 25.8 Å². The van der Waals surface area contributed by atoms with Gasteiger partial charge >= 0.3 is 0 Å². The van der Waals surface area contributed by atoms with E-state index in [-0.39, 0.29) is 31.4 Å². The van der Waals surface area contributed by atoms with Crippen molar-refractivity contribution in [3.8, 4) is 0 Å². The summed E-state index contributed by atoms with van der Waals surface area (Å²) in [6, 6.07) is 7.03. The zero-order valence-corrected chi connectivity index (χ0v) is 24.3. The maximum atomic E-state index is 13.3. The Morgan fingerprint density at radius 2 is 1.74 bits per heavy atom. The van der Waals surface area contributed by atoms with Crippen LogP contribution in [-0.4, -0.2) is 83.9 Å². The quantitative estimate of drug-likeness (QED) is 0.244. The predicted octanol–water partition coefficient (Wildman–Crippen LogP) is 1.86. The van der Waals surface area contributed by atoms with Crippen molar-refractivity contribution in [3.63, 3.8) is 0 Å². The molecule has 10 nitrogen and oxygen atoms in total. The lowest BCUT2D eigenvalue weighted by atomic mass is 9.91. The highest BCUT2D eigenvalue weighted by Crippen LogP contribution is 2.17. The van der Waals surface area contributed by atoms with Crippen molar-refractivity contribution in [1.82, 2.24) is 15.6 Å². The molecular formula is C26H34BrN3O7S. The highest BCUT2D eigenvalue weighted by atomic mass is 79.9. The molecule has 38 heavy (non-hydrogen) atoms. The van der Waals surface area contributed by atoms with Gasteiger partial charge in [0, 0.05) is 26.0 Å². The van der Waals surface area contributed by atoms with Crippen molar-refractivity contribution in [1.29, 1.82) is 0 Å². The fourth-order valence-corrected chi connectivity index (χ4v) is 4.64. The first-order valence-electron chi connectivity index (χ1n) is 11.9. The van der Waals surface area contributed by atoms with Crippen LogP contribution in [0.15, 0.2) is 36.5 Å². The fraction of sp³-hybridized carbons (Fsp3) is 0.500. The summed E-state index contributed by atoms with van der Waals surface area (Å²) in [4.78, 5) is 56.6. The smallest absolute Gasteiger partial charge is 0.263 e. The van der Waals surface area contributed by atoms with Crippen molar-refractivity contribution in [2.45, 2.75) is 44.4 Å². The van der Waals surface area contributed by atoms with E-state index in [0.29, 0.717) is 9.88 Å². The molecular weight excluding hydrogens is 578 g/mol. The molecule has 12 heteroatoms. The second kappa shape index (κ2) is 15.2. The number of hydrogen-bond acceptors (Lipinski definition) is 9. The van der Waals surface area contributed by atoms with Crippen LogP contribution in [0.3, 0.4) is 0 Å². The largest absolute Gasteiger partial charge is 0.384 e. The highest BCUT2D eigenvalue weighted by molar-refractivity contribution is 9.09. The van der Waals surface area contributed by atoms with Crippen molar-refractivity contribution >= 4 is 50.6 Å². The molecule has 0 aliphatic rings. The van der Waals surface area contributed by atoms with Gasteiger partial charge < -0.3 is 25.2 Å². The molecule has 2 rings (SSSR count). The summed E-state index contributed by atoms with van der Waals surface area (Å²) >= 11 is 4.34. The van der Waals surface area contributed by atoms with Crippen molar-refractivity contribution in [2.24, 2.45) is 5.92 Å². The minimum absolute atomic E-state index is 0.0162. The molecule has 0 saturated carbocycles. The molecule has 0 aliphatic carbocycles. The van der Waals surface area contributed by atoms with Gasteiger partial charge in [0.05, 0.1) is 36.4 Å². The van der Waals surface area contributed by atoms with Gasteiger partial charge in [0.2, 0.25) is 5.91 Å². The SMILES string of the molecule is COC[C@H](CC(=O)[C@H](COC)NC(=O)c1cnc(C)s1)C(=O)N[C@@H](Cc1ccccc1)C(=O)[C@](C)(O)CBr. The Labute approximate surface area is 234 Å². The number of nitrogens with zero attached hydrogens (tertiary/aromatic N) is 1. The molecule has 3 N–H and O–H groups in total. The first kappa shape index (κ1) is 31.7. The van der Waals surface area contributed by atoms with E-state index < -0.39 is 47.0 Å². The molecule has 0 aliphatic heterocycles. The van der Waals surface area contributed by atoms with Crippen LogP contribution in [0, 0.1) is 12.8 Å². The van der Waals surface area contributed by atoms with Gasteiger partial charge in [-0.1, -0.05) is 46.3 Å². The standard InChI is InChI=1S/C26H34BrN3O7S/c1-16-28-12-22(38-16)25(34)30-20(14-37-4)21(31)11-18(13-36-3)24(33)29-19(23(32)26(2,35)15-27)10-17-8-6-5-7-9-17/h5-9,12,18-20,35H,10-11,13-15H2,1-4H3,(H,29,33)(H,30,34)/t18-,19-,20-,26+/m0/s1. The fourth-order valence-electron chi connectivity index (χ4n) is 3.68. The molecule has 0 radical (unpaired) electrons. The Bertz CT molecular complexity index is 1090. The molecule has 1 aromatic carbocycles. The zero-order valence-electron chi connectivity index (χ0n) is 21.9. The summed E-state index contributed by atoms with van der Waals surface area (Å²) in [6.45, 7) is 2.94. The molecule has 4 atom stereocenters. The first-order valence-corrected chi connectivity index (χ1v) is 13.9. The van der Waals surface area contributed by atoms with Gasteiger partial charge in [-0.15, -0.1) is 11.3 Å². The van der Waals surface area contributed by atoms with Crippen LogP contribution >= 0.6 is 27.3 Å². The van der Waals surface area contributed by atoms with Crippen molar-refractivity contribution in [3.05, 3.63) is 52.0 Å². The summed E-state index contributed by atoms with van der Waals surface area (Å²) < 4.78 is 10.3. The molecule has 0 spiro atoms. The van der Waals surface area contributed by atoms with E-state index in [1.54, 1.807) is 6.92 Å². The van der Waals surface area contributed by atoms with E-state index >= 15 is 0 Å². The van der Waals surface area contributed by atoms with Crippen LogP contribution in [0.5, 0.6) is 0 Å². The van der Waals surface area contributed by atoms with E-state index in [1.807, 2.05) is 30.3 Å². The number of rotatable bonds is 16. The van der Waals surface area contributed by atoms with Crippen LogP contribution in [0.1, 0.15) is 33.6 Å². The monoisotopic (exact) mass is 611 g/mol. The number of amides is 2. The van der Waals surface area contributed by atoms with E-state index in [4.69, 9.17) is 9.47 Å². The van der Waals surface area contributed by atoms with Gasteiger partial charge in [-0.3, -0.25) is 19.2 Å². The number of alkyl halides is 1. The third-order valence-corrected chi connectivity index (χ3v) is 7.77. The minimum atomic E-state index is -1.72. The van der Waals surface area contributed by atoms with E-state index in [1.165, 1.54) is 38.7 Å². The van der Waals surface area contributed by atoms with Gasteiger partial charge in [-0.25, -0.2) is 4.98 Å². The lowest BCUT2D eigenvalue weighted by Crippen LogP contribution is -2.54. The van der Waals surface area contributed by atoms with Crippen LogP contribution in [0.2, 0.25) is 0 Å². The van der Waals surface area contributed by atoms with Crippen LogP contribution < -0.4 is 10.6 Å². The average Bonchev–Trinajstić information content (AvgIpc) is 3.34. The molecule has 0 saturated heterocycles. The molecule has 208 valence electrons.